The molecule has 172 valence electrons. The third-order valence-electron chi connectivity index (χ3n) is 6.98. The van der Waals surface area contributed by atoms with E-state index in [2.05, 4.69) is 28.1 Å². The van der Waals surface area contributed by atoms with Crippen LogP contribution in [-0.2, 0) is 35.6 Å². The van der Waals surface area contributed by atoms with Crippen molar-refractivity contribution in [2.45, 2.75) is 70.7 Å². The van der Waals surface area contributed by atoms with E-state index >= 15 is 0 Å². The van der Waals surface area contributed by atoms with E-state index in [1.165, 1.54) is 5.56 Å². The van der Waals surface area contributed by atoms with Crippen molar-refractivity contribution in [1.82, 2.24) is 29.5 Å². The Bertz CT molecular complexity index is 1020. The lowest BCUT2D eigenvalue weighted by molar-refractivity contribution is -0.142. The molecule has 2 aromatic rings. The standard InChI is InChI=1S/C23H32N6O3/c1-2-29-14-16(12-24-29)13-27-8-7-19-18(15-27)22(30)26-21(25-19)17-5-9-28(10-6-17)23(31)20-4-3-11-32-20/h12,14,17,20H,2-11,13,15H2,1H3,(H,25,26,30)/t20-/m1/s1. The number of carbonyl (C=O) groups excluding carboxylic acids is 1. The molecular formula is C23H32N6O3. The number of nitrogens with zero attached hydrogens (tertiary/aromatic N) is 5. The van der Waals surface area contributed by atoms with Crippen LogP contribution >= 0.6 is 0 Å². The molecule has 2 saturated heterocycles. The smallest absolute Gasteiger partial charge is 0.255 e. The Kier molecular flexibility index (Phi) is 6.10. The number of amides is 1. The quantitative estimate of drug-likeness (QED) is 0.756. The van der Waals surface area contributed by atoms with Crippen molar-refractivity contribution in [2.75, 3.05) is 26.2 Å². The third kappa shape index (κ3) is 4.36. The first-order chi connectivity index (χ1) is 15.6. The van der Waals surface area contributed by atoms with Gasteiger partial charge in [0, 0.05) is 70.0 Å². The minimum Gasteiger partial charge on any atom is -0.368 e. The van der Waals surface area contributed by atoms with E-state index in [0.29, 0.717) is 26.2 Å². The summed E-state index contributed by atoms with van der Waals surface area (Å²) < 4.78 is 7.47. The van der Waals surface area contributed by atoms with Gasteiger partial charge in [0.2, 0.25) is 0 Å². The van der Waals surface area contributed by atoms with Crippen LogP contribution in [0.4, 0.5) is 0 Å². The summed E-state index contributed by atoms with van der Waals surface area (Å²) in [7, 11) is 0. The van der Waals surface area contributed by atoms with Gasteiger partial charge in [0.15, 0.2) is 0 Å². The summed E-state index contributed by atoms with van der Waals surface area (Å²) in [5.74, 6) is 1.10. The van der Waals surface area contributed by atoms with E-state index in [4.69, 9.17) is 9.72 Å². The Morgan fingerprint density at radius 1 is 1.25 bits per heavy atom. The van der Waals surface area contributed by atoms with Gasteiger partial charge in [-0.3, -0.25) is 19.2 Å². The van der Waals surface area contributed by atoms with Crippen molar-refractivity contribution >= 4 is 5.91 Å². The maximum absolute atomic E-state index is 12.9. The summed E-state index contributed by atoms with van der Waals surface area (Å²) in [4.78, 5) is 37.6. The van der Waals surface area contributed by atoms with Crippen LogP contribution in [0.3, 0.4) is 0 Å². The normalized spacial score (nSPS) is 22.3. The third-order valence-corrected chi connectivity index (χ3v) is 6.98. The van der Waals surface area contributed by atoms with Crippen molar-refractivity contribution in [2.24, 2.45) is 0 Å². The number of aromatic nitrogens is 4. The summed E-state index contributed by atoms with van der Waals surface area (Å²) >= 11 is 0. The molecule has 32 heavy (non-hydrogen) atoms. The Balaban J connectivity index is 1.22. The van der Waals surface area contributed by atoms with Crippen LogP contribution in [0.15, 0.2) is 17.2 Å². The highest BCUT2D eigenvalue weighted by Gasteiger charge is 2.32. The van der Waals surface area contributed by atoms with Crippen LogP contribution in [0.5, 0.6) is 0 Å². The minimum atomic E-state index is -0.257. The summed E-state index contributed by atoms with van der Waals surface area (Å²) in [6.07, 6.45) is 7.94. The molecular weight excluding hydrogens is 408 g/mol. The number of ether oxygens (including phenoxy) is 1. The monoisotopic (exact) mass is 440 g/mol. The number of likely N-dealkylation sites (tertiary alicyclic amines) is 1. The number of hydrogen-bond acceptors (Lipinski definition) is 6. The average molecular weight is 441 g/mol. The zero-order valence-electron chi connectivity index (χ0n) is 18.8. The lowest BCUT2D eigenvalue weighted by atomic mass is 9.94. The number of H-pyrrole nitrogens is 1. The first-order valence-corrected chi connectivity index (χ1v) is 11.9. The Hall–Kier alpha value is -2.52. The van der Waals surface area contributed by atoms with Crippen LogP contribution < -0.4 is 5.56 Å². The SMILES string of the molecule is CCn1cc(CN2CCc3nc(C4CCN(C(=O)[C@H]5CCCO5)CC4)[nH]c(=O)c3C2)cn1. The molecule has 2 fully saturated rings. The molecule has 9 heteroatoms. The van der Waals surface area contributed by atoms with Gasteiger partial charge in [0.25, 0.3) is 11.5 Å². The van der Waals surface area contributed by atoms with Crippen molar-refractivity contribution in [3.05, 3.63) is 45.4 Å². The predicted molar refractivity (Wildman–Crippen MR) is 118 cm³/mol. The van der Waals surface area contributed by atoms with Crippen LogP contribution in [0.1, 0.15) is 61.2 Å². The van der Waals surface area contributed by atoms with Crippen LogP contribution in [0, 0.1) is 0 Å². The fraction of sp³-hybridized carbons (Fsp3) is 0.652. The molecule has 0 radical (unpaired) electrons. The van der Waals surface area contributed by atoms with Crippen molar-refractivity contribution < 1.29 is 9.53 Å². The molecule has 1 N–H and O–H groups in total. The largest absolute Gasteiger partial charge is 0.368 e. The molecule has 3 aliphatic rings. The number of hydrogen-bond donors (Lipinski definition) is 1. The maximum Gasteiger partial charge on any atom is 0.255 e. The van der Waals surface area contributed by atoms with Gasteiger partial charge >= 0.3 is 0 Å². The van der Waals surface area contributed by atoms with Crippen LogP contribution in [-0.4, -0.2) is 67.8 Å². The van der Waals surface area contributed by atoms with E-state index in [1.54, 1.807) is 0 Å². The van der Waals surface area contributed by atoms with E-state index in [-0.39, 0.29) is 23.5 Å². The zero-order chi connectivity index (χ0) is 22.1. The highest BCUT2D eigenvalue weighted by atomic mass is 16.5. The molecule has 0 spiro atoms. The van der Waals surface area contributed by atoms with E-state index in [1.807, 2.05) is 15.8 Å². The van der Waals surface area contributed by atoms with Crippen molar-refractivity contribution in [3.63, 3.8) is 0 Å². The molecule has 5 heterocycles. The first-order valence-electron chi connectivity index (χ1n) is 11.9. The molecule has 1 amide bonds. The Morgan fingerprint density at radius 3 is 2.81 bits per heavy atom. The number of carbonyl (C=O) groups is 1. The second-order valence-corrected chi connectivity index (χ2v) is 9.14. The Morgan fingerprint density at radius 2 is 2.09 bits per heavy atom. The molecule has 9 nitrogen and oxygen atoms in total. The minimum absolute atomic E-state index is 0.0168. The van der Waals surface area contributed by atoms with E-state index < -0.39 is 0 Å². The van der Waals surface area contributed by atoms with Crippen LogP contribution in [0.2, 0.25) is 0 Å². The maximum atomic E-state index is 12.9. The van der Waals surface area contributed by atoms with E-state index in [0.717, 1.165) is 68.8 Å². The molecule has 3 aliphatic heterocycles. The number of rotatable bonds is 5. The van der Waals surface area contributed by atoms with E-state index in [9.17, 15) is 9.59 Å². The van der Waals surface area contributed by atoms with Crippen LogP contribution in [0.25, 0.3) is 0 Å². The number of nitrogens with one attached hydrogen (secondary N) is 1. The van der Waals surface area contributed by atoms with Gasteiger partial charge in [-0.1, -0.05) is 0 Å². The second-order valence-electron chi connectivity index (χ2n) is 9.14. The van der Waals surface area contributed by atoms with Crippen molar-refractivity contribution in [3.8, 4) is 0 Å². The number of aryl methyl sites for hydroxylation is 1. The van der Waals surface area contributed by atoms with Gasteiger partial charge in [-0.05, 0) is 32.6 Å². The highest BCUT2D eigenvalue weighted by Crippen LogP contribution is 2.28. The molecule has 0 saturated carbocycles. The molecule has 5 rings (SSSR count). The fourth-order valence-electron chi connectivity index (χ4n) is 5.10. The summed E-state index contributed by atoms with van der Waals surface area (Å²) in [5, 5.41) is 4.34. The van der Waals surface area contributed by atoms with Crippen molar-refractivity contribution in [1.29, 1.82) is 0 Å². The summed E-state index contributed by atoms with van der Waals surface area (Å²) in [5.41, 5.74) is 2.87. The molecule has 0 aliphatic carbocycles. The molecule has 2 aromatic heterocycles. The van der Waals surface area contributed by atoms with Gasteiger partial charge in [0.05, 0.1) is 17.5 Å². The molecule has 0 aromatic carbocycles. The summed E-state index contributed by atoms with van der Waals surface area (Å²) in [6, 6.07) is 0. The molecule has 0 bridgehead atoms. The van der Waals surface area contributed by atoms with Gasteiger partial charge in [-0.25, -0.2) is 4.98 Å². The summed E-state index contributed by atoms with van der Waals surface area (Å²) in [6.45, 7) is 7.30. The lowest BCUT2D eigenvalue weighted by Crippen LogP contribution is -2.43. The molecule has 0 unspecified atom stereocenters. The zero-order valence-corrected chi connectivity index (χ0v) is 18.8. The van der Waals surface area contributed by atoms with Gasteiger partial charge in [-0.2, -0.15) is 5.10 Å². The number of aromatic amines is 1. The number of fused-ring (bicyclic) bond motifs is 1. The lowest BCUT2D eigenvalue weighted by Gasteiger charge is -2.33. The highest BCUT2D eigenvalue weighted by molar-refractivity contribution is 5.81. The fourth-order valence-corrected chi connectivity index (χ4v) is 5.10. The Labute approximate surface area is 187 Å². The molecule has 1 atom stereocenters. The average Bonchev–Trinajstić information content (AvgIpc) is 3.51. The van der Waals surface area contributed by atoms with Gasteiger partial charge in [0.1, 0.15) is 11.9 Å². The second kappa shape index (κ2) is 9.15. The van der Waals surface area contributed by atoms with Gasteiger partial charge in [-0.15, -0.1) is 0 Å². The van der Waals surface area contributed by atoms with Gasteiger partial charge < -0.3 is 14.6 Å². The topological polar surface area (TPSA) is 96.4 Å². The number of piperidine rings is 1. The first kappa shape index (κ1) is 21.3. The predicted octanol–water partition coefficient (Wildman–Crippen LogP) is 1.43.